The van der Waals surface area contributed by atoms with Crippen LogP contribution in [0.1, 0.15) is 18.9 Å². The molecule has 3 rings (SSSR count). The fraction of sp³-hybridized carbons (Fsp3) is 0.333. The molecule has 5 nitrogen and oxygen atoms in total. The van der Waals surface area contributed by atoms with E-state index in [0.29, 0.717) is 12.2 Å². The number of nitrogens with one attached hydrogen (secondary N) is 1. The summed E-state index contributed by atoms with van der Waals surface area (Å²) in [4.78, 5) is 25.3. The van der Waals surface area contributed by atoms with E-state index in [9.17, 15) is 22.8 Å². The van der Waals surface area contributed by atoms with Crippen LogP contribution in [-0.4, -0.2) is 36.0 Å². The molecule has 2 aromatic rings. The van der Waals surface area contributed by atoms with Gasteiger partial charge in [0.1, 0.15) is 5.75 Å². The van der Waals surface area contributed by atoms with Crippen LogP contribution in [0.25, 0.3) is 0 Å². The summed E-state index contributed by atoms with van der Waals surface area (Å²) in [6.45, 7) is 1.36. The Bertz CT molecular complexity index is 869. The fourth-order valence-corrected chi connectivity index (χ4v) is 3.39. The number of benzene rings is 2. The third kappa shape index (κ3) is 4.76. The molecule has 1 N–H and O–H groups in total. The molecule has 1 heterocycles. The Kier molecular flexibility index (Phi) is 5.93. The number of rotatable bonds is 5. The molecule has 1 aliphatic rings. The van der Waals surface area contributed by atoms with Crippen molar-refractivity contribution in [2.75, 3.05) is 18.4 Å². The van der Waals surface area contributed by atoms with Crippen molar-refractivity contribution in [2.45, 2.75) is 26.1 Å². The van der Waals surface area contributed by atoms with Crippen LogP contribution in [0.3, 0.4) is 0 Å². The second-order valence-electron chi connectivity index (χ2n) is 7.12. The normalized spacial score (nSPS) is 19.7. The average molecular weight is 406 g/mol. The molecule has 1 aliphatic heterocycles. The van der Waals surface area contributed by atoms with E-state index in [1.165, 1.54) is 31.2 Å². The van der Waals surface area contributed by atoms with Crippen LogP contribution in [0.2, 0.25) is 0 Å². The van der Waals surface area contributed by atoms with Crippen molar-refractivity contribution in [1.29, 1.82) is 0 Å². The van der Waals surface area contributed by atoms with Crippen LogP contribution < -0.4 is 10.1 Å². The minimum atomic E-state index is -4.73. The summed E-state index contributed by atoms with van der Waals surface area (Å²) in [5.41, 5.74) is -1.23. The maximum atomic E-state index is 13.9. The smallest absolute Gasteiger partial charge is 0.406 e. The number of hydrogen-bond acceptors (Lipinski definition) is 4. The van der Waals surface area contributed by atoms with Gasteiger partial charge in [0.2, 0.25) is 5.91 Å². The van der Waals surface area contributed by atoms with Crippen LogP contribution in [0.4, 0.5) is 18.9 Å². The number of ether oxygens (including phenoxy) is 1. The van der Waals surface area contributed by atoms with Crippen LogP contribution in [-0.2, 0) is 16.1 Å². The van der Waals surface area contributed by atoms with Crippen molar-refractivity contribution in [1.82, 2.24) is 4.90 Å². The standard InChI is InChI=1S/C21H21F3N2O3/c1-15(27)25-17-7-9-18(10-8-17)29-19(28)20(21(22,23)24)11-12-26(14-20)13-16-5-3-2-4-6-16/h2-10H,11-14H2,1H3,(H,25,27). The molecule has 1 atom stereocenters. The number of amides is 1. The predicted molar refractivity (Wildman–Crippen MR) is 101 cm³/mol. The monoisotopic (exact) mass is 406 g/mol. The zero-order chi connectivity index (χ0) is 21.1. The van der Waals surface area contributed by atoms with Crippen LogP contribution in [0.5, 0.6) is 5.75 Å². The number of nitrogens with zero attached hydrogens (tertiary/aromatic N) is 1. The van der Waals surface area contributed by atoms with Crippen molar-refractivity contribution in [3.63, 3.8) is 0 Å². The highest BCUT2D eigenvalue weighted by molar-refractivity contribution is 5.88. The molecular formula is C21H21F3N2O3. The summed E-state index contributed by atoms with van der Waals surface area (Å²) in [6, 6.07) is 14.8. The highest BCUT2D eigenvalue weighted by Gasteiger charge is 2.64. The van der Waals surface area contributed by atoms with Gasteiger partial charge in [-0.15, -0.1) is 0 Å². The van der Waals surface area contributed by atoms with Gasteiger partial charge < -0.3 is 10.1 Å². The molecule has 0 spiro atoms. The molecule has 0 bridgehead atoms. The van der Waals surface area contributed by atoms with Crippen molar-refractivity contribution in [2.24, 2.45) is 5.41 Å². The van der Waals surface area contributed by atoms with Gasteiger partial charge in [-0.3, -0.25) is 14.5 Å². The zero-order valence-electron chi connectivity index (χ0n) is 15.8. The number of carbonyl (C=O) groups excluding carboxylic acids is 2. The van der Waals surface area contributed by atoms with E-state index < -0.39 is 24.1 Å². The topological polar surface area (TPSA) is 58.6 Å². The summed E-state index contributed by atoms with van der Waals surface area (Å²) < 4.78 is 46.8. The van der Waals surface area contributed by atoms with E-state index >= 15 is 0 Å². The van der Waals surface area contributed by atoms with Crippen LogP contribution in [0, 0.1) is 5.41 Å². The Hall–Kier alpha value is -2.87. The summed E-state index contributed by atoms with van der Waals surface area (Å²) in [7, 11) is 0. The van der Waals surface area contributed by atoms with Gasteiger partial charge in [0.05, 0.1) is 0 Å². The van der Waals surface area contributed by atoms with Gasteiger partial charge in [-0.05, 0) is 36.2 Å². The molecule has 1 amide bonds. The zero-order valence-corrected chi connectivity index (χ0v) is 15.8. The molecule has 1 saturated heterocycles. The van der Waals surface area contributed by atoms with Gasteiger partial charge in [0.25, 0.3) is 0 Å². The molecule has 1 fully saturated rings. The Morgan fingerprint density at radius 2 is 1.76 bits per heavy atom. The van der Waals surface area contributed by atoms with Crippen LogP contribution >= 0.6 is 0 Å². The van der Waals surface area contributed by atoms with E-state index in [4.69, 9.17) is 4.74 Å². The fourth-order valence-electron chi connectivity index (χ4n) is 3.39. The molecule has 0 radical (unpaired) electrons. The Morgan fingerprint density at radius 3 is 2.34 bits per heavy atom. The third-order valence-electron chi connectivity index (χ3n) is 4.92. The van der Waals surface area contributed by atoms with Gasteiger partial charge in [0, 0.05) is 32.2 Å². The Morgan fingerprint density at radius 1 is 1.10 bits per heavy atom. The molecule has 154 valence electrons. The number of esters is 1. The first-order valence-electron chi connectivity index (χ1n) is 9.12. The number of hydrogen-bond donors (Lipinski definition) is 1. The summed E-state index contributed by atoms with van der Waals surface area (Å²) in [6.07, 6.45) is -5.09. The van der Waals surface area contributed by atoms with Crippen molar-refractivity contribution >= 4 is 17.6 Å². The Balaban J connectivity index is 1.73. The minimum absolute atomic E-state index is 0.00534. The second-order valence-corrected chi connectivity index (χ2v) is 7.12. The first kappa shape index (κ1) is 20.9. The average Bonchev–Trinajstić information content (AvgIpc) is 3.09. The highest BCUT2D eigenvalue weighted by Crippen LogP contribution is 2.46. The largest absolute Gasteiger partial charge is 0.426 e. The lowest BCUT2D eigenvalue weighted by molar-refractivity contribution is -0.226. The maximum absolute atomic E-state index is 13.9. The van der Waals surface area contributed by atoms with Gasteiger partial charge in [-0.1, -0.05) is 30.3 Å². The lowest BCUT2D eigenvalue weighted by atomic mass is 9.86. The number of alkyl halides is 3. The van der Waals surface area contributed by atoms with Crippen molar-refractivity contribution in [3.05, 3.63) is 60.2 Å². The van der Waals surface area contributed by atoms with Gasteiger partial charge in [0.15, 0.2) is 5.41 Å². The minimum Gasteiger partial charge on any atom is -0.426 e. The molecule has 29 heavy (non-hydrogen) atoms. The maximum Gasteiger partial charge on any atom is 0.406 e. The summed E-state index contributed by atoms with van der Waals surface area (Å²) in [5, 5.41) is 2.54. The molecular weight excluding hydrogens is 385 g/mol. The van der Waals surface area contributed by atoms with Gasteiger partial charge in [-0.25, -0.2) is 0 Å². The molecule has 0 aliphatic carbocycles. The molecule has 0 aromatic heterocycles. The SMILES string of the molecule is CC(=O)Nc1ccc(OC(=O)C2(C(F)(F)F)CCN(Cc3ccccc3)C2)cc1. The lowest BCUT2D eigenvalue weighted by Gasteiger charge is -2.29. The molecule has 8 heteroatoms. The van der Waals surface area contributed by atoms with E-state index in [1.54, 1.807) is 4.90 Å². The molecule has 2 aromatic carbocycles. The first-order valence-corrected chi connectivity index (χ1v) is 9.12. The number of carbonyl (C=O) groups is 2. The van der Waals surface area contributed by atoms with Gasteiger partial charge >= 0.3 is 12.1 Å². The van der Waals surface area contributed by atoms with Crippen molar-refractivity contribution in [3.8, 4) is 5.75 Å². The summed E-state index contributed by atoms with van der Waals surface area (Å²) >= 11 is 0. The quantitative estimate of drug-likeness (QED) is 0.602. The van der Waals surface area contributed by atoms with Gasteiger partial charge in [-0.2, -0.15) is 13.2 Å². The van der Waals surface area contributed by atoms with Crippen molar-refractivity contribution < 1.29 is 27.5 Å². The molecule has 1 unspecified atom stereocenters. The van der Waals surface area contributed by atoms with E-state index in [1.807, 2.05) is 30.3 Å². The summed E-state index contributed by atoms with van der Waals surface area (Å²) in [5.74, 6) is -1.60. The van der Waals surface area contributed by atoms with E-state index in [2.05, 4.69) is 5.32 Å². The molecule has 0 saturated carbocycles. The van der Waals surface area contributed by atoms with E-state index in [0.717, 1.165) is 5.56 Å². The second kappa shape index (κ2) is 8.24. The van der Waals surface area contributed by atoms with E-state index in [-0.39, 0.29) is 24.6 Å². The predicted octanol–water partition coefficient (Wildman–Crippen LogP) is 4.01. The number of anilines is 1. The third-order valence-corrected chi connectivity index (χ3v) is 4.92. The number of likely N-dealkylation sites (tertiary alicyclic amines) is 1. The first-order chi connectivity index (χ1) is 13.7. The van der Waals surface area contributed by atoms with Crippen LogP contribution in [0.15, 0.2) is 54.6 Å². The lowest BCUT2D eigenvalue weighted by Crippen LogP contribution is -2.49. The number of halogens is 3. The Labute approximate surface area is 166 Å². The highest BCUT2D eigenvalue weighted by atomic mass is 19.4.